The van der Waals surface area contributed by atoms with Crippen LogP contribution in [0.1, 0.15) is 18.1 Å². The fraction of sp³-hybridized carbons (Fsp3) is 0.400. The van der Waals surface area contributed by atoms with E-state index in [0.717, 1.165) is 23.4 Å². The van der Waals surface area contributed by atoms with Crippen LogP contribution in [0.15, 0.2) is 18.2 Å². The molecule has 1 heterocycles. The summed E-state index contributed by atoms with van der Waals surface area (Å²) >= 11 is 0. The topological polar surface area (TPSA) is 63.2 Å². The van der Waals surface area contributed by atoms with Crippen molar-refractivity contribution >= 4 is 11.9 Å². The number of rotatable bonds is 5. The molecule has 112 valence electrons. The molecule has 0 fully saturated rings. The number of aromatic nitrogens is 3. The molecule has 0 saturated heterocycles. The summed E-state index contributed by atoms with van der Waals surface area (Å²) in [5.41, 5.74) is 2.28. The van der Waals surface area contributed by atoms with Gasteiger partial charge in [0.2, 0.25) is 11.9 Å². The van der Waals surface area contributed by atoms with Gasteiger partial charge in [-0.25, -0.2) is 0 Å². The Kier molecular flexibility index (Phi) is 4.57. The van der Waals surface area contributed by atoms with Crippen LogP contribution in [0, 0.1) is 13.8 Å². The Bertz CT molecular complexity index is 607. The van der Waals surface area contributed by atoms with Crippen LogP contribution in [-0.2, 0) is 0 Å². The fourth-order valence-electron chi connectivity index (χ4n) is 1.93. The summed E-state index contributed by atoms with van der Waals surface area (Å²) in [5, 5.41) is 3.08. The zero-order valence-corrected chi connectivity index (χ0v) is 13.1. The Morgan fingerprint density at radius 1 is 1.05 bits per heavy atom. The smallest absolute Gasteiger partial charge is 0.328 e. The molecule has 0 aliphatic rings. The number of aryl methyl sites for hydroxylation is 2. The molecule has 0 unspecified atom stereocenters. The minimum Gasteiger partial charge on any atom is -0.424 e. The summed E-state index contributed by atoms with van der Waals surface area (Å²) in [6, 6.07) is 6.29. The largest absolute Gasteiger partial charge is 0.424 e. The molecule has 0 saturated carbocycles. The van der Waals surface area contributed by atoms with Crippen molar-refractivity contribution < 1.29 is 4.74 Å². The van der Waals surface area contributed by atoms with Crippen molar-refractivity contribution in [2.75, 3.05) is 30.9 Å². The number of ether oxygens (including phenoxy) is 1. The van der Waals surface area contributed by atoms with E-state index in [-0.39, 0.29) is 6.01 Å². The lowest BCUT2D eigenvalue weighted by Gasteiger charge is -2.13. The van der Waals surface area contributed by atoms with Crippen LogP contribution in [0.25, 0.3) is 0 Å². The van der Waals surface area contributed by atoms with Crippen LogP contribution >= 0.6 is 0 Å². The van der Waals surface area contributed by atoms with Gasteiger partial charge in [-0.15, -0.1) is 0 Å². The van der Waals surface area contributed by atoms with Crippen molar-refractivity contribution in [2.24, 2.45) is 0 Å². The summed E-state index contributed by atoms with van der Waals surface area (Å²) in [6.45, 7) is 6.79. The number of nitrogens with zero attached hydrogens (tertiary/aromatic N) is 4. The standard InChI is InChI=1S/C15H21N5O/c1-6-16-13-17-14(20(4)5)19-15(18-13)21-12-8-10(2)7-11(3)9-12/h7-9H,6H2,1-5H3,(H,16,17,18,19). The number of anilines is 2. The summed E-state index contributed by atoms with van der Waals surface area (Å²) in [4.78, 5) is 14.7. The molecule has 1 aromatic carbocycles. The molecular formula is C15H21N5O. The summed E-state index contributed by atoms with van der Waals surface area (Å²) in [5.74, 6) is 1.79. The Balaban J connectivity index is 2.33. The monoisotopic (exact) mass is 287 g/mol. The molecule has 1 N–H and O–H groups in total. The molecular weight excluding hydrogens is 266 g/mol. The number of hydrogen-bond acceptors (Lipinski definition) is 6. The van der Waals surface area contributed by atoms with Gasteiger partial charge in [0.15, 0.2) is 0 Å². The molecule has 1 aromatic heterocycles. The SMILES string of the molecule is CCNc1nc(Oc2cc(C)cc(C)c2)nc(N(C)C)n1. The maximum Gasteiger partial charge on any atom is 0.328 e. The minimum absolute atomic E-state index is 0.287. The van der Waals surface area contributed by atoms with E-state index < -0.39 is 0 Å². The number of benzene rings is 1. The van der Waals surface area contributed by atoms with Gasteiger partial charge in [0.1, 0.15) is 5.75 Å². The summed E-state index contributed by atoms with van der Waals surface area (Å²) in [6.07, 6.45) is 0. The van der Waals surface area contributed by atoms with E-state index >= 15 is 0 Å². The minimum atomic E-state index is 0.287. The zero-order valence-electron chi connectivity index (χ0n) is 13.1. The molecule has 0 bridgehead atoms. The van der Waals surface area contributed by atoms with Crippen LogP contribution < -0.4 is 15.0 Å². The Labute approximate surface area is 125 Å². The van der Waals surface area contributed by atoms with Crippen molar-refractivity contribution in [2.45, 2.75) is 20.8 Å². The molecule has 21 heavy (non-hydrogen) atoms. The fourth-order valence-corrected chi connectivity index (χ4v) is 1.93. The van der Waals surface area contributed by atoms with E-state index in [0.29, 0.717) is 11.9 Å². The molecule has 0 aliphatic heterocycles. The first kappa shape index (κ1) is 15.0. The molecule has 2 rings (SSSR count). The van der Waals surface area contributed by atoms with Gasteiger partial charge in [-0.1, -0.05) is 6.07 Å². The first-order chi connectivity index (χ1) is 9.97. The average molecular weight is 287 g/mol. The van der Waals surface area contributed by atoms with E-state index in [2.05, 4.69) is 26.3 Å². The van der Waals surface area contributed by atoms with Crippen LogP contribution in [0.5, 0.6) is 11.8 Å². The number of nitrogens with one attached hydrogen (secondary N) is 1. The Morgan fingerprint density at radius 2 is 1.71 bits per heavy atom. The van der Waals surface area contributed by atoms with Crippen molar-refractivity contribution in [3.63, 3.8) is 0 Å². The van der Waals surface area contributed by atoms with E-state index in [1.165, 1.54) is 0 Å². The van der Waals surface area contributed by atoms with Gasteiger partial charge in [-0.3, -0.25) is 0 Å². The second kappa shape index (κ2) is 6.39. The van der Waals surface area contributed by atoms with E-state index in [1.807, 2.05) is 51.9 Å². The second-order valence-electron chi connectivity index (χ2n) is 5.09. The van der Waals surface area contributed by atoms with Crippen LogP contribution in [0.2, 0.25) is 0 Å². The summed E-state index contributed by atoms with van der Waals surface area (Å²) in [7, 11) is 3.76. The second-order valence-corrected chi connectivity index (χ2v) is 5.09. The van der Waals surface area contributed by atoms with Gasteiger partial charge in [0.05, 0.1) is 0 Å². The highest BCUT2D eigenvalue weighted by atomic mass is 16.5. The van der Waals surface area contributed by atoms with E-state index in [4.69, 9.17) is 4.74 Å². The molecule has 2 aromatic rings. The molecule has 0 amide bonds. The van der Waals surface area contributed by atoms with Crippen molar-refractivity contribution in [3.8, 4) is 11.8 Å². The molecule has 0 radical (unpaired) electrons. The van der Waals surface area contributed by atoms with E-state index in [1.54, 1.807) is 0 Å². The molecule has 0 atom stereocenters. The van der Waals surface area contributed by atoms with Gasteiger partial charge in [-0.05, 0) is 44.0 Å². The quantitative estimate of drug-likeness (QED) is 0.912. The average Bonchev–Trinajstić information content (AvgIpc) is 2.37. The van der Waals surface area contributed by atoms with Crippen molar-refractivity contribution in [1.29, 1.82) is 0 Å². The normalized spacial score (nSPS) is 10.3. The van der Waals surface area contributed by atoms with Crippen molar-refractivity contribution in [1.82, 2.24) is 15.0 Å². The molecule has 6 heteroatoms. The highest BCUT2D eigenvalue weighted by Gasteiger charge is 2.10. The summed E-state index contributed by atoms with van der Waals surface area (Å²) < 4.78 is 5.79. The van der Waals surface area contributed by atoms with Gasteiger partial charge >= 0.3 is 6.01 Å². The third-order valence-corrected chi connectivity index (χ3v) is 2.74. The first-order valence-corrected chi connectivity index (χ1v) is 6.91. The molecule has 0 spiro atoms. The van der Waals surface area contributed by atoms with E-state index in [9.17, 15) is 0 Å². The zero-order chi connectivity index (χ0) is 15.4. The maximum atomic E-state index is 5.79. The Morgan fingerprint density at radius 3 is 2.29 bits per heavy atom. The van der Waals surface area contributed by atoms with Gasteiger partial charge in [-0.2, -0.15) is 15.0 Å². The van der Waals surface area contributed by atoms with Gasteiger partial charge in [0, 0.05) is 20.6 Å². The highest BCUT2D eigenvalue weighted by molar-refractivity contribution is 5.39. The van der Waals surface area contributed by atoms with Gasteiger partial charge in [0.25, 0.3) is 0 Å². The third-order valence-electron chi connectivity index (χ3n) is 2.74. The van der Waals surface area contributed by atoms with Crippen LogP contribution in [-0.4, -0.2) is 35.6 Å². The number of hydrogen-bond donors (Lipinski definition) is 1. The Hall–Kier alpha value is -2.37. The van der Waals surface area contributed by atoms with Crippen LogP contribution in [0.4, 0.5) is 11.9 Å². The first-order valence-electron chi connectivity index (χ1n) is 6.91. The molecule has 0 aliphatic carbocycles. The van der Waals surface area contributed by atoms with Crippen molar-refractivity contribution in [3.05, 3.63) is 29.3 Å². The lowest BCUT2D eigenvalue weighted by molar-refractivity contribution is 0.440. The third kappa shape index (κ3) is 4.05. The predicted octanol–water partition coefficient (Wildman–Crippen LogP) is 2.78. The van der Waals surface area contributed by atoms with Crippen LogP contribution in [0.3, 0.4) is 0 Å². The highest BCUT2D eigenvalue weighted by Crippen LogP contribution is 2.23. The maximum absolute atomic E-state index is 5.79. The lowest BCUT2D eigenvalue weighted by Crippen LogP contribution is -2.15. The molecule has 6 nitrogen and oxygen atoms in total. The van der Waals surface area contributed by atoms with Gasteiger partial charge < -0.3 is 15.0 Å². The lowest BCUT2D eigenvalue weighted by atomic mass is 10.1. The predicted molar refractivity (Wildman–Crippen MR) is 84.3 cm³/mol.